The summed E-state index contributed by atoms with van der Waals surface area (Å²) in [5.41, 5.74) is 2.84. The quantitative estimate of drug-likeness (QED) is 0.489. The molecule has 1 fully saturated rings. The summed E-state index contributed by atoms with van der Waals surface area (Å²) in [6, 6.07) is 3.75. The van der Waals surface area contributed by atoms with Crippen LogP contribution in [0.15, 0.2) is 40.8 Å². The molecular weight excluding hydrogens is 409 g/mol. The highest BCUT2D eigenvalue weighted by Gasteiger charge is 2.38. The maximum absolute atomic E-state index is 13.8. The Kier molecular flexibility index (Phi) is 6.60. The van der Waals surface area contributed by atoms with Crippen LogP contribution in [0.25, 0.3) is 0 Å². The number of likely N-dealkylation sites (tertiary alicyclic amines) is 1. The van der Waals surface area contributed by atoms with Crippen LogP contribution < -0.4 is 9.64 Å². The Labute approximate surface area is 189 Å². The van der Waals surface area contributed by atoms with Gasteiger partial charge in [0.1, 0.15) is 5.70 Å². The van der Waals surface area contributed by atoms with Crippen molar-refractivity contribution in [2.24, 2.45) is 10.9 Å². The number of carbonyl (C=O) groups is 1. The molecule has 7 nitrogen and oxygen atoms in total. The predicted octanol–water partition coefficient (Wildman–Crippen LogP) is 4.26. The van der Waals surface area contributed by atoms with Gasteiger partial charge in [-0.2, -0.15) is 10.1 Å². The molecule has 0 aliphatic carbocycles. The molecule has 1 atom stereocenters. The van der Waals surface area contributed by atoms with E-state index >= 15 is 0 Å². The van der Waals surface area contributed by atoms with Crippen molar-refractivity contribution in [2.75, 3.05) is 19.8 Å². The number of hydrogen-bond donors (Lipinski definition) is 0. The van der Waals surface area contributed by atoms with E-state index in [2.05, 4.69) is 18.8 Å². The third kappa shape index (κ3) is 4.85. The lowest BCUT2D eigenvalue weighted by atomic mass is 9.97. The van der Waals surface area contributed by atoms with Crippen LogP contribution in [0.2, 0.25) is 0 Å². The lowest BCUT2D eigenvalue weighted by Crippen LogP contribution is -2.44. The van der Waals surface area contributed by atoms with Gasteiger partial charge in [0.25, 0.3) is 11.7 Å². The standard InChI is InChI=1S/C24H32FN5O2/c1-16(2)14-32-21-9-8-18(4)26-22(21)24(31)30-10-6-5-7-20(30)11-19-13-28-15-29(25)12-17(3)23(28)27-19/h8-9,12-13,16,20H,5-7,10-11,14-15H2,1-4H3/q+1/t20-/m0/s1. The summed E-state index contributed by atoms with van der Waals surface area (Å²) >= 11 is 0. The first-order valence-electron chi connectivity index (χ1n) is 11.4. The molecule has 1 aromatic rings. The molecule has 0 unspecified atom stereocenters. The van der Waals surface area contributed by atoms with Crippen molar-refractivity contribution >= 4 is 11.7 Å². The van der Waals surface area contributed by atoms with Crippen LogP contribution in [0.1, 0.15) is 62.6 Å². The number of fused-ring (bicyclic) bond motifs is 1. The molecule has 171 valence electrons. The first-order chi connectivity index (χ1) is 15.3. The van der Waals surface area contributed by atoms with Crippen molar-refractivity contribution in [2.45, 2.75) is 59.4 Å². The topological polar surface area (TPSA) is 63.9 Å². The van der Waals surface area contributed by atoms with Crippen molar-refractivity contribution in [1.29, 1.82) is 0 Å². The summed E-state index contributed by atoms with van der Waals surface area (Å²) in [6.45, 7) is 9.25. The molecule has 1 radical (unpaired) electrons. The number of nitrogens with zero attached hydrogens (tertiary/aromatic N) is 5. The van der Waals surface area contributed by atoms with E-state index in [1.165, 1.54) is 6.20 Å². The van der Waals surface area contributed by atoms with Crippen LogP contribution in [0, 0.1) is 12.8 Å². The van der Waals surface area contributed by atoms with E-state index in [-0.39, 0.29) is 18.6 Å². The average molecular weight is 442 g/mol. The van der Waals surface area contributed by atoms with Crippen molar-refractivity contribution in [3.05, 3.63) is 47.2 Å². The second-order valence-corrected chi connectivity index (χ2v) is 9.24. The highest BCUT2D eigenvalue weighted by molar-refractivity contribution is 6.03. The van der Waals surface area contributed by atoms with Gasteiger partial charge < -0.3 is 9.64 Å². The Morgan fingerprint density at radius 3 is 2.91 bits per heavy atom. The van der Waals surface area contributed by atoms with Crippen LogP contribution in [0.3, 0.4) is 0 Å². The number of hydrogen-bond acceptors (Lipinski definition) is 6. The van der Waals surface area contributed by atoms with Crippen molar-refractivity contribution in [3.63, 3.8) is 0 Å². The molecule has 0 saturated carbocycles. The fraction of sp³-hybridized carbons (Fsp3) is 0.542. The number of halogens is 1. The molecule has 0 N–H and O–H groups in total. The smallest absolute Gasteiger partial charge is 0.288 e. The van der Waals surface area contributed by atoms with Crippen LogP contribution in [0.4, 0.5) is 4.48 Å². The van der Waals surface area contributed by atoms with Gasteiger partial charge in [-0.1, -0.05) is 23.2 Å². The Morgan fingerprint density at radius 2 is 2.12 bits per heavy atom. The minimum absolute atomic E-state index is 0.0271. The van der Waals surface area contributed by atoms with Gasteiger partial charge >= 0.3 is 0 Å². The van der Waals surface area contributed by atoms with Gasteiger partial charge in [0, 0.05) is 30.9 Å². The van der Waals surface area contributed by atoms with Gasteiger partial charge in [-0.05, 0) is 51.2 Å². The zero-order valence-electron chi connectivity index (χ0n) is 19.3. The number of carbonyl (C=O) groups excluding carboxylic acids is 1. The normalized spacial score (nSPS) is 21.3. The summed E-state index contributed by atoms with van der Waals surface area (Å²) in [5.74, 6) is 1.59. The van der Waals surface area contributed by atoms with Crippen LogP contribution in [-0.2, 0) is 0 Å². The maximum Gasteiger partial charge on any atom is 0.288 e. The van der Waals surface area contributed by atoms with Crippen molar-refractivity contribution < 1.29 is 14.0 Å². The zero-order valence-corrected chi connectivity index (χ0v) is 19.3. The molecule has 3 aliphatic rings. The SMILES string of the molecule is CC1=CN(F)C[N+]2C=C(C[C@@H]3CCCCN3C(=O)c3nc(C)ccc3OCC(C)C)N=C12. The van der Waals surface area contributed by atoms with Crippen molar-refractivity contribution in [1.82, 2.24) is 19.9 Å². The lowest BCUT2D eigenvalue weighted by molar-refractivity contribution is 0.0601. The fourth-order valence-corrected chi connectivity index (χ4v) is 4.37. The van der Waals surface area contributed by atoms with E-state index in [1.54, 1.807) is 0 Å². The first kappa shape index (κ1) is 22.5. The third-order valence-corrected chi connectivity index (χ3v) is 5.91. The van der Waals surface area contributed by atoms with Gasteiger partial charge in [-0.3, -0.25) is 4.79 Å². The van der Waals surface area contributed by atoms with E-state index in [9.17, 15) is 9.28 Å². The molecule has 8 heteroatoms. The van der Waals surface area contributed by atoms with E-state index in [0.29, 0.717) is 42.1 Å². The van der Waals surface area contributed by atoms with E-state index in [1.807, 2.05) is 42.0 Å². The minimum atomic E-state index is -0.0906. The van der Waals surface area contributed by atoms with E-state index in [0.717, 1.165) is 42.1 Å². The molecule has 4 heterocycles. The molecule has 0 spiro atoms. The molecule has 3 aliphatic heterocycles. The summed E-state index contributed by atoms with van der Waals surface area (Å²) in [7, 11) is 0. The minimum Gasteiger partial charge on any atom is -0.491 e. The van der Waals surface area contributed by atoms with Gasteiger partial charge in [0.15, 0.2) is 17.6 Å². The molecule has 0 aromatic carbocycles. The van der Waals surface area contributed by atoms with Gasteiger partial charge in [0.05, 0.1) is 12.2 Å². The number of amidine groups is 1. The second-order valence-electron chi connectivity index (χ2n) is 9.24. The largest absolute Gasteiger partial charge is 0.491 e. The number of aryl methyl sites for hydroxylation is 1. The number of piperidine rings is 1. The Bertz CT molecular complexity index is 971. The number of pyridine rings is 1. The molecule has 1 saturated heterocycles. The highest BCUT2D eigenvalue weighted by Crippen LogP contribution is 2.30. The number of amides is 1. The zero-order chi connectivity index (χ0) is 22.8. The van der Waals surface area contributed by atoms with E-state index in [4.69, 9.17) is 9.73 Å². The fourth-order valence-electron chi connectivity index (χ4n) is 4.37. The van der Waals surface area contributed by atoms with E-state index < -0.39 is 0 Å². The van der Waals surface area contributed by atoms with Crippen LogP contribution >= 0.6 is 0 Å². The average Bonchev–Trinajstić information content (AvgIpc) is 3.15. The lowest BCUT2D eigenvalue weighted by Gasteiger charge is -2.35. The van der Waals surface area contributed by atoms with Gasteiger partial charge in [-0.25, -0.2) is 4.98 Å². The Morgan fingerprint density at radius 1 is 1.31 bits per heavy atom. The maximum atomic E-state index is 13.8. The molecule has 1 amide bonds. The summed E-state index contributed by atoms with van der Waals surface area (Å²) in [5, 5.41) is 0.659. The number of aliphatic imine (C=N–C) groups is 1. The number of ether oxygens (including phenoxy) is 1. The summed E-state index contributed by atoms with van der Waals surface area (Å²) < 4.78 is 19.7. The molecule has 4 rings (SSSR count). The number of aromatic nitrogens is 1. The summed E-state index contributed by atoms with van der Waals surface area (Å²) in [4.78, 5) is 26.6. The molecule has 32 heavy (non-hydrogen) atoms. The predicted molar refractivity (Wildman–Crippen MR) is 122 cm³/mol. The Hall–Kier alpha value is -2.74. The Balaban J connectivity index is 1.54. The van der Waals surface area contributed by atoms with Gasteiger partial charge in [0.2, 0.25) is 6.67 Å². The molecule has 0 bridgehead atoms. The van der Waals surface area contributed by atoms with Gasteiger partial charge in [-0.15, -0.1) is 0 Å². The third-order valence-electron chi connectivity index (χ3n) is 5.91. The second kappa shape index (κ2) is 9.40. The van der Waals surface area contributed by atoms with Crippen molar-refractivity contribution in [3.8, 4) is 5.75 Å². The monoisotopic (exact) mass is 441 g/mol. The highest BCUT2D eigenvalue weighted by atomic mass is 19.2. The molecule has 1 aromatic heterocycles. The molecular formula is C24H32FN5O2+. The first-order valence-corrected chi connectivity index (χ1v) is 11.4. The number of rotatable bonds is 6. The summed E-state index contributed by atoms with van der Waals surface area (Å²) in [6.07, 6.45) is 6.94. The van der Waals surface area contributed by atoms with Crippen LogP contribution in [0.5, 0.6) is 5.75 Å². The van der Waals surface area contributed by atoms with Crippen LogP contribution in [-0.4, -0.2) is 52.6 Å².